The molecule has 0 bridgehead atoms. The van der Waals surface area contributed by atoms with Gasteiger partial charge in [-0.05, 0) is 25.2 Å². The number of rotatable bonds is 1. The van der Waals surface area contributed by atoms with E-state index in [4.69, 9.17) is 4.74 Å². The molecule has 0 saturated carbocycles. The van der Waals surface area contributed by atoms with Crippen molar-refractivity contribution >= 4 is 5.97 Å². The topological polar surface area (TPSA) is 26.3 Å². The summed E-state index contributed by atoms with van der Waals surface area (Å²) >= 11 is 0. The molecule has 0 spiro atoms. The minimum atomic E-state index is -0.0255. The Morgan fingerprint density at radius 1 is 1.55 bits per heavy atom. The van der Waals surface area contributed by atoms with Gasteiger partial charge in [-0.15, -0.1) is 0 Å². The lowest BCUT2D eigenvalue weighted by atomic mass is 9.86. The van der Waals surface area contributed by atoms with E-state index in [-0.39, 0.29) is 12.1 Å². The van der Waals surface area contributed by atoms with Crippen molar-refractivity contribution in [3.05, 3.63) is 0 Å². The van der Waals surface area contributed by atoms with Gasteiger partial charge in [-0.2, -0.15) is 0 Å². The number of carbonyl (C=O) groups is 1. The number of hydrogen-bond donors (Lipinski definition) is 0. The zero-order valence-electron chi connectivity index (χ0n) is 7.46. The van der Waals surface area contributed by atoms with E-state index in [1.807, 2.05) is 6.92 Å². The number of hydrogen-bond acceptors (Lipinski definition) is 2. The second-order valence-electron chi connectivity index (χ2n) is 3.74. The van der Waals surface area contributed by atoms with E-state index in [9.17, 15) is 4.79 Å². The largest absolute Gasteiger partial charge is 0.463 e. The maximum atomic E-state index is 11.0. The molecule has 1 aliphatic heterocycles. The Hall–Kier alpha value is -0.530. The van der Waals surface area contributed by atoms with Crippen LogP contribution >= 0.6 is 0 Å². The third kappa shape index (κ3) is 2.21. The first-order chi connectivity index (χ1) is 5.09. The summed E-state index contributed by atoms with van der Waals surface area (Å²) < 4.78 is 5.03. The van der Waals surface area contributed by atoms with Gasteiger partial charge < -0.3 is 4.74 Å². The Morgan fingerprint density at radius 2 is 2.18 bits per heavy atom. The molecule has 0 aliphatic carbocycles. The fourth-order valence-corrected chi connectivity index (χ4v) is 1.55. The van der Waals surface area contributed by atoms with Crippen molar-refractivity contribution in [3.8, 4) is 0 Å². The van der Waals surface area contributed by atoms with Gasteiger partial charge in [0.2, 0.25) is 0 Å². The van der Waals surface area contributed by atoms with Crippen LogP contribution in [0.25, 0.3) is 0 Å². The number of carbonyl (C=O) groups excluding carboxylic acids is 1. The van der Waals surface area contributed by atoms with Crippen LogP contribution in [0.15, 0.2) is 0 Å². The molecular formula is C9H16O2. The van der Waals surface area contributed by atoms with Crippen LogP contribution in [0, 0.1) is 11.8 Å². The Bertz CT molecular complexity index is 152. The minimum Gasteiger partial charge on any atom is -0.463 e. The summed E-state index contributed by atoms with van der Waals surface area (Å²) in [5, 5.41) is 0. The zero-order valence-corrected chi connectivity index (χ0v) is 7.46. The third-order valence-corrected chi connectivity index (χ3v) is 2.34. The van der Waals surface area contributed by atoms with Crippen molar-refractivity contribution in [2.45, 2.75) is 39.7 Å². The Morgan fingerprint density at radius 3 is 2.64 bits per heavy atom. The summed E-state index contributed by atoms with van der Waals surface area (Å²) in [6.45, 7) is 6.29. The quantitative estimate of drug-likeness (QED) is 0.543. The summed E-state index contributed by atoms with van der Waals surface area (Å²) in [5.41, 5.74) is 0. The first-order valence-electron chi connectivity index (χ1n) is 4.29. The van der Waals surface area contributed by atoms with Crippen molar-refractivity contribution in [3.63, 3.8) is 0 Å². The first kappa shape index (κ1) is 8.57. The highest BCUT2D eigenvalue weighted by Gasteiger charge is 2.27. The molecule has 1 saturated heterocycles. The van der Waals surface area contributed by atoms with E-state index in [0.717, 1.165) is 6.42 Å². The highest BCUT2D eigenvalue weighted by molar-refractivity contribution is 5.70. The van der Waals surface area contributed by atoms with Gasteiger partial charge in [0.25, 0.3) is 0 Å². The molecule has 0 aromatic rings. The molecule has 1 unspecified atom stereocenters. The highest BCUT2D eigenvalue weighted by atomic mass is 16.5. The predicted octanol–water partition coefficient (Wildman–Crippen LogP) is 1.98. The molecule has 2 heteroatoms. The fraction of sp³-hybridized carbons (Fsp3) is 0.889. The highest BCUT2D eigenvalue weighted by Crippen LogP contribution is 2.26. The maximum absolute atomic E-state index is 11.0. The molecule has 64 valence electrons. The van der Waals surface area contributed by atoms with Crippen LogP contribution < -0.4 is 0 Å². The van der Waals surface area contributed by atoms with Crippen LogP contribution in [0.4, 0.5) is 0 Å². The van der Waals surface area contributed by atoms with E-state index in [2.05, 4.69) is 13.8 Å². The van der Waals surface area contributed by atoms with Crippen molar-refractivity contribution in [1.29, 1.82) is 0 Å². The SMILES string of the molecule is CC1C[C@H](C(C)C)CC(=O)O1. The van der Waals surface area contributed by atoms with Gasteiger partial charge in [0, 0.05) is 6.42 Å². The molecule has 0 aromatic heterocycles. The minimum absolute atomic E-state index is 0.0255. The van der Waals surface area contributed by atoms with E-state index in [1.165, 1.54) is 0 Å². The van der Waals surface area contributed by atoms with Crippen LogP contribution in [0.1, 0.15) is 33.6 Å². The average molecular weight is 156 g/mol. The lowest BCUT2D eigenvalue weighted by molar-refractivity contribution is -0.156. The molecule has 11 heavy (non-hydrogen) atoms. The lowest BCUT2D eigenvalue weighted by Crippen LogP contribution is -2.29. The second kappa shape index (κ2) is 3.24. The summed E-state index contributed by atoms with van der Waals surface area (Å²) in [4.78, 5) is 11.0. The summed E-state index contributed by atoms with van der Waals surface area (Å²) in [6.07, 6.45) is 1.77. The molecule has 2 nitrogen and oxygen atoms in total. The van der Waals surface area contributed by atoms with Gasteiger partial charge in [0.1, 0.15) is 0 Å². The summed E-state index contributed by atoms with van der Waals surface area (Å²) in [7, 11) is 0. The van der Waals surface area contributed by atoms with Crippen molar-refractivity contribution in [1.82, 2.24) is 0 Å². The van der Waals surface area contributed by atoms with Gasteiger partial charge in [0.15, 0.2) is 0 Å². The van der Waals surface area contributed by atoms with Gasteiger partial charge in [0.05, 0.1) is 6.10 Å². The average Bonchev–Trinajstić information content (AvgIpc) is 1.85. The molecule has 1 fully saturated rings. The molecule has 0 aromatic carbocycles. The first-order valence-corrected chi connectivity index (χ1v) is 4.29. The van der Waals surface area contributed by atoms with E-state index < -0.39 is 0 Å². The molecular weight excluding hydrogens is 140 g/mol. The number of cyclic esters (lactones) is 1. The molecule has 0 radical (unpaired) electrons. The summed E-state index contributed by atoms with van der Waals surface area (Å²) in [5.74, 6) is 1.11. The van der Waals surface area contributed by atoms with Crippen LogP contribution in [0.5, 0.6) is 0 Å². The zero-order chi connectivity index (χ0) is 8.43. The fourth-order valence-electron chi connectivity index (χ4n) is 1.55. The maximum Gasteiger partial charge on any atom is 0.306 e. The Labute approximate surface area is 67.9 Å². The van der Waals surface area contributed by atoms with Crippen LogP contribution in [-0.2, 0) is 9.53 Å². The molecule has 1 rings (SSSR count). The van der Waals surface area contributed by atoms with Gasteiger partial charge >= 0.3 is 5.97 Å². The Kier molecular flexibility index (Phi) is 2.53. The van der Waals surface area contributed by atoms with Crippen molar-refractivity contribution < 1.29 is 9.53 Å². The molecule has 1 heterocycles. The van der Waals surface area contributed by atoms with Gasteiger partial charge in [-0.1, -0.05) is 13.8 Å². The van der Waals surface area contributed by atoms with Crippen molar-refractivity contribution in [2.75, 3.05) is 0 Å². The smallest absolute Gasteiger partial charge is 0.306 e. The van der Waals surface area contributed by atoms with Crippen LogP contribution in [0.3, 0.4) is 0 Å². The monoisotopic (exact) mass is 156 g/mol. The van der Waals surface area contributed by atoms with Gasteiger partial charge in [-0.25, -0.2) is 0 Å². The van der Waals surface area contributed by atoms with Crippen molar-refractivity contribution in [2.24, 2.45) is 11.8 Å². The third-order valence-electron chi connectivity index (χ3n) is 2.34. The molecule has 0 amide bonds. The normalized spacial score (nSPS) is 32.2. The number of ether oxygens (including phenoxy) is 1. The van der Waals surface area contributed by atoms with E-state index in [0.29, 0.717) is 18.3 Å². The number of esters is 1. The molecule has 2 atom stereocenters. The van der Waals surface area contributed by atoms with Crippen LogP contribution in [0.2, 0.25) is 0 Å². The Balaban J connectivity index is 2.49. The molecule has 0 N–H and O–H groups in total. The summed E-state index contributed by atoms with van der Waals surface area (Å²) in [6, 6.07) is 0. The second-order valence-corrected chi connectivity index (χ2v) is 3.74. The molecule has 1 aliphatic rings. The standard InChI is InChI=1S/C9H16O2/c1-6(2)8-4-7(3)11-9(10)5-8/h6-8H,4-5H2,1-3H3/t7?,8-/m0/s1. The van der Waals surface area contributed by atoms with Gasteiger partial charge in [-0.3, -0.25) is 4.79 Å². The van der Waals surface area contributed by atoms with Crippen LogP contribution in [-0.4, -0.2) is 12.1 Å². The predicted molar refractivity (Wildman–Crippen MR) is 43.1 cm³/mol. The lowest BCUT2D eigenvalue weighted by Gasteiger charge is -2.28. The van der Waals surface area contributed by atoms with E-state index >= 15 is 0 Å². The van der Waals surface area contributed by atoms with E-state index in [1.54, 1.807) is 0 Å².